The molecule has 0 aromatic heterocycles. The second-order valence-corrected chi connectivity index (χ2v) is 9.90. The number of nitrogens with one attached hydrogen (secondary N) is 1. The van der Waals surface area contributed by atoms with E-state index < -0.39 is 17.9 Å². The normalized spacial score (nSPS) is 16.0. The summed E-state index contributed by atoms with van der Waals surface area (Å²) in [4.78, 5) is 61.9. The summed E-state index contributed by atoms with van der Waals surface area (Å²) in [5, 5.41) is 3.45. The van der Waals surface area contributed by atoms with E-state index in [0.717, 1.165) is 4.90 Å². The summed E-state index contributed by atoms with van der Waals surface area (Å²) < 4.78 is 16.2. The number of imide groups is 1. The highest BCUT2D eigenvalue weighted by Crippen LogP contribution is 2.41. The fraction of sp³-hybridized carbons (Fsp3) is 0.323. The molecule has 42 heavy (non-hydrogen) atoms. The lowest BCUT2D eigenvalue weighted by atomic mass is 9.80. The van der Waals surface area contributed by atoms with Crippen LogP contribution in [0.2, 0.25) is 5.02 Å². The number of amides is 2. The molecule has 1 atom stereocenters. The van der Waals surface area contributed by atoms with E-state index in [1.165, 1.54) is 21.0 Å². The quantitative estimate of drug-likeness (QED) is 0.257. The van der Waals surface area contributed by atoms with Crippen LogP contribution in [0.15, 0.2) is 71.1 Å². The number of rotatable bonds is 9. The summed E-state index contributed by atoms with van der Waals surface area (Å²) in [5.74, 6) is -2.72. The van der Waals surface area contributed by atoms with Gasteiger partial charge in [-0.15, -0.1) is 0 Å². The number of allylic oxidation sites excluding steroid dienone is 1. The van der Waals surface area contributed by atoms with Gasteiger partial charge in [0.1, 0.15) is 5.78 Å². The number of methoxy groups -OCH3 is 1. The molecule has 0 fully saturated rings. The molecule has 2 aromatic carbocycles. The first kappa shape index (κ1) is 32.2. The van der Waals surface area contributed by atoms with E-state index in [-0.39, 0.29) is 55.1 Å². The number of halogens is 1. The van der Waals surface area contributed by atoms with Crippen molar-refractivity contribution >= 4 is 41.1 Å². The predicted octanol–water partition coefficient (Wildman–Crippen LogP) is 4.20. The minimum Gasteiger partial charge on any atom is -0.466 e. The first-order valence-electron chi connectivity index (χ1n) is 13.2. The summed E-state index contributed by atoms with van der Waals surface area (Å²) in [7, 11) is 1.26. The predicted molar refractivity (Wildman–Crippen MR) is 155 cm³/mol. The first-order valence-corrected chi connectivity index (χ1v) is 13.6. The standard InChI is InChI=1S/C28H27ClN2O7.C3H6O/c1-4-38-28(35)24-21(15-37-14-13-31-25(32)17-9-5-6-10-18(17)26(31)33)30-16(2)22(27(34)36-3)23(24)19-11-7-8-12-20(19)29;1-3(2)4/h5-12,23,30H,4,13-15H2,1-3H3;1-2H3. The second-order valence-electron chi connectivity index (χ2n) is 9.49. The number of carbonyl (C=O) groups is 5. The molecule has 1 unspecified atom stereocenters. The number of hydrogen-bond acceptors (Lipinski definition) is 9. The van der Waals surface area contributed by atoms with Gasteiger partial charge in [0.2, 0.25) is 0 Å². The van der Waals surface area contributed by atoms with E-state index in [2.05, 4.69) is 5.32 Å². The average molecular weight is 597 g/mol. The van der Waals surface area contributed by atoms with Crippen molar-refractivity contribution in [1.82, 2.24) is 10.2 Å². The van der Waals surface area contributed by atoms with Gasteiger partial charge in [-0.3, -0.25) is 14.5 Å². The van der Waals surface area contributed by atoms with Crippen molar-refractivity contribution < 1.29 is 38.2 Å². The molecule has 0 aliphatic carbocycles. The van der Waals surface area contributed by atoms with Gasteiger partial charge in [0.15, 0.2) is 0 Å². The maximum Gasteiger partial charge on any atom is 0.336 e. The van der Waals surface area contributed by atoms with Gasteiger partial charge in [-0.2, -0.15) is 0 Å². The first-order chi connectivity index (χ1) is 20.0. The van der Waals surface area contributed by atoms with Crippen LogP contribution in [0.5, 0.6) is 0 Å². The van der Waals surface area contributed by atoms with Crippen LogP contribution in [0.25, 0.3) is 0 Å². The molecule has 0 saturated carbocycles. The third kappa shape index (κ3) is 7.13. The molecule has 11 heteroatoms. The van der Waals surface area contributed by atoms with Gasteiger partial charge in [-0.25, -0.2) is 9.59 Å². The molecule has 0 bridgehead atoms. The lowest BCUT2D eigenvalue weighted by Gasteiger charge is -2.31. The van der Waals surface area contributed by atoms with E-state index in [1.807, 2.05) is 0 Å². The van der Waals surface area contributed by atoms with Crippen LogP contribution < -0.4 is 5.32 Å². The molecule has 2 aliphatic rings. The zero-order valence-electron chi connectivity index (χ0n) is 24.1. The van der Waals surface area contributed by atoms with E-state index in [0.29, 0.717) is 33.1 Å². The fourth-order valence-electron chi connectivity index (χ4n) is 4.63. The average Bonchev–Trinajstić information content (AvgIpc) is 3.19. The van der Waals surface area contributed by atoms with Crippen molar-refractivity contribution in [2.24, 2.45) is 0 Å². The molecule has 0 radical (unpaired) electrons. The molecule has 4 rings (SSSR count). The Kier molecular flexibility index (Phi) is 11.2. The molecule has 2 amide bonds. The third-order valence-electron chi connectivity index (χ3n) is 6.35. The second kappa shape index (κ2) is 14.6. The molecule has 10 nitrogen and oxygen atoms in total. The number of nitrogens with zero attached hydrogens (tertiary/aromatic N) is 1. The third-order valence-corrected chi connectivity index (χ3v) is 6.69. The lowest BCUT2D eigenvalue weighted by Crippen LogP contribution is -2.36. The number of benzene rings is 2. The van der Waals surface area contributed by atoms with Crippen LogP contribution in [0.1, 0.15) is 59.9 Å². The molecule has 0 spiro atoms. The van der Waals surface area contributed by atoms with Gasteiger partial charge in [-0.1, -0.05) is 41.9 Å². The van der Waals surface area contributed by atoms with E-state index in [1.54, 1.807) is 62.4 Å². The highest BCUT2D eigenvalue weighted by atomic mass is 35.5. The summed E-state index contributed by atoms with van der Waals surface area (Å²) >= 11 is 6.51. The molecular formula is C31H33ClN2O8. The van der Waals surface area contributed by atoms with Crippen molar-refractivity contribution in [3.8, 4) is 0 Å². The Labute approximate surface area is 249 Å². The molecule has 2 aromatic rings. The Balaban J connectivity index is 0.00000114. The molecule has 2 heterocycles. The Hall–Kier alpha value is -4.28. The monoisotopic (exact) mass is 596 g/mol. The van der Waals surface area contributed by atoms with Gasteiger partial charge < -0.3 is 24.3 Å². The minimum atomic E-state index is -0.869. The van der Waals surface area contributed by atoms with E-state index >= 15 is 0 Å². The number of carbonyl (C=O) groups excluding carboxylic acids is 5. The Morgan fingerprint density at radius 2 is 1.50 bits per heavy atom. The smallest absolute Gasteiger partial charge is 0.336 e. The number of ketones is 1. The fourth-order valence-corrected chi connectivity index (χ4v) is 4.88. The molecular weight excluding hydrogens is 564 g/mol. The van der Waals surface area contributed by atoms with E-state index in [4.69, 9.17) is 25.8 Å². The molecule has 1 N–H and O–H groups in total. The molecule has 0 saturated heterocycles. The summed E-state index contributed by atoms with van der Waals surface area (Å²) in [5.41, 5.74) is 2.47. The van der Waals surface area contributed by atoms with Crippen LogP contribution in [0.4, 0.5) is 0 Å². The van der Waals surface area contributed by atoms with Crippen LogP contribution in [-0.2, 0) is 28.6 Å². The number of fused-ring (bicyclic) bond motifs is 1. The number of hydrogen-bond donors (Lipinski definition) is 1. The van der Waals surface area contributed by atoms with Gasteiger partial charge in [-0.05, 0) is 51.5 Å². The number of ether oxygens (including phenoxy) is 3. The molecule has 2 aliphatic heterocycles. The Morgan fingerprint density at radius 1 is 0.929 bits per heavy atom. The summed E-state index contributed by atoms with van der Waals surface area (Å²) in [6.45, 7) is 6.52. The number of Topliss-reactive ketones (excluding diaryl/α,β-unsaturated/α-hetero) is 1. The summed E-state index contributed by atoms with van der Waals surface area (Å²) in [6, 6.07) is 13.5. The Morgan fingerprint density at radius 3 is 2.05 bits per heavy atom. The lowest BCUT2D eigenvalue weighted by molar-refractivity contribution is -0.139. The number of dihydropyridines is 1. The topological polar surface area (TPSA) is 128 Å². The largest absolute Gasteiger partial charge is 0.466 e. The van der Waals surface area contributed by atoms with Crippen LogP contribution in [0.3, 0.4) is 0 Å². The van der Waals surface area contributed by atoms with Crippen molar-refractivity contribution in [2.75, 3.05) is 33.5 Å². The zero-order valence-corrected chi connectivity index (χ0v) is 24.9. The highest BCUT2D eigenvalue weighted by molar-refractivity contribution is 6.31. The maximum atomic E-state index is 13.2. The zero-order chi connectivity index (χ0) is 31.0. The number of esters is 2. The SMILES string of the molecule is CC(C)=O.CCOC(=O)C1=C(COCCN2C(=O)c3ccccc3C2=O)NC(C)=C(C(=O)OC)C1c1ccccc1Cl. The Bertz CT molecular complexity index is 1420. The van der Waals surface area contributed by atoms with Crippen LogP contribution in [0, 0.1) is 0 Å². The van der Waals surface area contributed by atoms with Crippen LogP contribution >= 0.6 is 11.6 Å². The van der Waals surface area contributed by atoms with Gasteiger partial charge >= 0.3 is 11.9 Å². The van der Waals surface area contributed by atoms with Crippen molar-refractivity contribution in [3.63, 3.8) is 0 Å². The molecule has 222 valence electrons. The van der Waals surface area contributed by atoms with Crippen molar-refractivity contribution in [3.05, 3.63) is 92.8 Å². The van der Waals surface area contributed by atoms with Crippen molar-refractivity contribution in [2.45, 2.75) is 33.6 Å². The van der Waals surface area contributed by atoms with E-state index in [9.17, 15) is 24.0 Å². The minimum absolute atomic E-state index is 0.0239. The summed E-state index contributed by atoms with van der Waals surface area (Å²) in [6.07, 6.45) is 0. The maximum absolute atomic E-state index is 13.2. The van der Waals surface area contributed by atoms with Gasteiger partial charge in [0.25, 0.3) is 11.8 Å². The highest BCUT2D eigenvalue weighted by Gasteiger charge is 2.40. The van der Waals surface area contributed by atoms with Crippen LogP contribution in [-0.4, -0.2) is 67.9 Å². The van der Waals surface area contributed by atoms with Gasteiger partial charge in [0, 0.05) is 10.7 Å². The van der Waals surface area contributed by atoms with Crippen molar-refractivity contribution in [1.29, 1.82) is 0 Å². The van der Waals surface area contributed by atoms with Gasteiger partial charge in [0.05, 0.1) is 67.4 Å².